The maximum Gasteiger partial charge on any atom is 0.323 e. The standard InChI is InChI=1S/C12H20N2O3/c1-5-7-10(6-2)13-12(17)14(9(3)4)8-11(15)16/h2,9-10H,5,7-8H2,1,3-4H3,(H,13,17)(H,15,16). The molecule has 0 fully saturated rings. The summed E-state index contributed by atoms with van der Waals surface area (Å²) in [5.74, 6) is 1.43. The topological polar surface area (TPSA) is 69.6 Å². The van der Waals surface area contributed by atoms with E-state index in [1.54, 1.807) is 13.8 Å². The summed E-state index contributed by atoms with van der Waals surface area (Å²) >= 11 is 0. The molecule has 0 spiro atoms. The Bertz CT molecular complexity index is 307. The molecule has 0 rings (SSSR count). The first-order valence-corrected chi connectivity index (χ1v) is 5.67. The van der Waals surface area contributed by atoms with Crippen LogP contribution in [0.3, 0.4) is 0 Å². The third-order valence-electron chi connectivity index (χ3n) is 2.27. The second kappa shape index (κ2) is 7.55. The lowest BCUT2D eigenvalue weighted by molar-refractivity contribution is -0.138. The Balaban J connectivity index is 4.52. The molecule has 1 atom stereocenters. The van der Waals surface area contributed by atoms with Crippen molar-refractivity contribution >= 4 is 12.0 Å². The average molecular weight is 240 g/mol. The highest BCUT2D eigenvalue weighted by atomic mass is 16.4. The van der Waals surface area contributed by atoms with Crippen LogP contribution in [0.4, 0.5) is 4.79 Å². The van der Waals surface area contributed by atoms with Gasteiger partial charge in [0, 0.05) is 6.04 Å². The summed E-state index contributed by atoms with van der Waals surface area (Å²) in [5.41, 5.74) is 0. The van der Waals surface area contributed by atoms with Crippen molar-refractivity contribution in [3.05, 3.63) is 0 Å². The second-order valence-electron chi connectivity index (χ2n) is 4.07. The largest absolute Gasteiger partial charge is 0.480 e. The number of carboxylic acids is 1. The van der Waals surface area contributed by atoms with E-state index >= 15 is 0 Å². The lowest BCUT2D eigenvalue weighted by atomic mass is 10.2. The van der Waals surface area contributed by atoms with Crippen LogP contribution < -0.4 is 5.32 Å². The predicted octanol–water partition coefficient (Wildman–Crippen LogP) is 1.29. The van der Waals surface area contributed by atoms with E-state index in [0.29, 0.717) is 6.42 Å². The molecule has 1 unspecified atom stereocenters. The number of hydrogen-bond donors (Lipinski definition) is 2. The number of terminal acetylenes is 1. The van der Waals surface area contributed by atoms with Crippen molar-refractivity contribution in [3.63, 3.8) is 0 Å². The van der Waals surface area contributed by atoms with Crippen molar-refractivity contribution in [2.24, 2.45) is 0 Å². The van der Waals surface area contributed by atoms with Gasteiger partial charge in [-0.25, -0.2) is 4.79 Å². The van der Waals surface area contributed by atoms with Gasteiger partial charge in [-0.15, -0.1) is 6.42 Å². The van der Waals surface area contributed by atoms with Crippen molar-refractivity contribution in [2.45, 2.75) is 45.7 Å². The molecule has 0 bridgehead atoms. The molecule has 0 aromatic carbocycles. The molecule has 2 N–H and O–H groups in total. The number of urea groups is 1. The molecule has 0 aromatic heterocycles. The fraction of sp³-hybridized carbons (Fsp3) is 0.667. The Morgan fingerprint density at radius 1 is 1.47 bits per heavy atom. The van der Waals surface area contributed by atoms with E-state index < -0.39 is 12.0 Å². The quantitative estimate of drug-likeness (QED) is 0.687. The van der Waals surface area contributed by atoms with Crippen molar-refractivity contribution < 1.29 is 14.7 Å². The molecule has 5 heteroatoms. The lowest BCUT2D eigenvalue weighted by Crippen LogP contribution is -2.49. The molecular formula is C12H20N2O3. The monoisotopic (exact) mass is 240 g/mol. The number of nitrogens with one attached hydrogen (secondary N) is 1. The first-order valence-electron chi connectivity index (χ1n) is 5.67. The lowest BCUT2D eigenvalue weighted by Gasteiger charge is -2.26. The summed E-state index contributed by atoms with van der Waals surface area (Å²) < 4.78 is 0. The molecule has 17 heavy (non-hydrogen) atoms. The number of carbonyl (C=O) groups is 2. The molecule has 0 aliphatic heterocycles. The van der Waals surface area contributed by atoms with Gasteiger partial charge in [0.2, 0.25) is 0 Å². The molecule has 0 aliphatic carbocycles. The molecule has 5 nitrogen and oxygen atoms in total. The summed E-state index contributed by atoms with van der Waals surface area (Å²) in [5, 5.41) is 11.4. The van der Waals surface area contributed by atoms with E-state index in [9.17, 15) is 9.59 Å². The van der Waals surface area contributed by atoms with Crippen LogP contribution in [-0.2, 0) is 4.79 Å². The molecule has 0 saturated heterocycles. The highest BCUT2D eigenvalue weighted by Gasteiger charge is 2.21. The van der Waals surface area contributed by atoms with Gasteiger partial charge in [0.25, 0.3) is 0 Å². The number of rotatable bonds is 6. The summed E-state index contributed by atoms with van der Waals surface area (Å²) in [7, 11) is 0. The van der Waals surface area contributed by atoms with E-state index in [-0.39, 0.29) is 18.6 Å². The van der Waals surface area contributed by atoms with Gasteiger partial charge in [-0.1, -0.05) is 19.3 Å². The average Bonchev–Trinajstić information content (AvgIpc) is 2.24. The van der Waals surface area contributed by atoms with Gasteiger partial charge < -0.3 is 15.3 Å². The number of carboxylic acid groups (broad SMARTS) is 1. The van der Waals surface area contributed by atoms with Crippen LogP contribution in [0.5, 0.6) is 0 Å². The molecule has 0 radical (unpaired) electrons. The van der Waals surface area contributed by atoms with Crippen LogP contribution in [0, 0.1) is 12.3 Å². The van der Waals surface area contributed by atoms with Gasteiger partial charge in [-0.2, -0.15) is 0 Å². The number of carbonyl (C=O) groups excluding carboxylic acids is 1. The minimum atomic E-state index is -1.04. The van der Waals surface area contributed by atoms with E-state index in [4.69, 9.17) is 11.5 Å². The molecule has 0 aliphatic rings. The van der Waals surface area contributed by atoms with Crippen molar-refractivity contribution in [2.75, 3.05) is 6.54 Å². The zero-order valence-corrected chi connectivity index (χ0v) is 10.6. The first kappa shape index (κ1) is 15.3. The number of aliphatic carboxylic acids is 1. The van der Waals surface area contributed by atoms with Crippen LogP contribution in [-0.4, -0.2) is 40.6 Å². The van der Waals surface area contributed by atoms with Gasteiger partial charge in [-0.05, 0) is 20.3 Å². The summed E-state index contributed by atoms with van der Waals surface area (Å²) in [6.07, 6.45) is 6.82. The van der Waals surface area contributed by atoms with Crippen molar-refractivity contribution in [1.29, 1.82) is 0 Å². The third kappa shape index (κ3) is 5.81. The minimum absolute atomic E-state index is 0.189. The molecule has 2 amide bonds. The smallest absolute Gasteiger partial charge is 0.323 e. The van der Waals surface area contributed by atoms with Crippen LogP contribution >= 0.6 is 0 Å². The van der Waals surface area contributed by atoms with Gasteiger partial charge in [-0.3, -0.25) is 4.79 Å². The van der Waals surface area contributed by atoms with E-state index in [1.165, 1.54) is 4.90 Å². The van der Waals surface area contributed by atoms with Gasteiger partial charge in [0.05, 0.1) is 6.04 Å². The highest BCUT2D eigenvalue weighted by Crippen LogP contribution is 2.01. The number of nitrogens with zero attached hydrogens (tertiary/aromatic N) is 1. The Kier molecular flexibility index (Phi) is 6.80. The molecule has 0 aromatic rings. The Hall–Kier alpha value is -1.70. The van der Waals surface area contributed by atoms with E-state index in [0.717, 1.165) is 6.42 Å². The van der Waals surface area contributed by atoms with Gasteiger partial charge in [0.1, 0.15) is 6.54 Å². The van der Waals surface area contributed by atoms with Gasteiger partial charge >= 0.3 is 12.0 Å². The molecular weight excluding hydrogens is 220 g/mol. The first-order chi connectivity index (χ1) is 7.92. The maximum atomic E-state index is 11.8. The maximum absolute atomic E-state index is 11.8. The molecule has 0 heterocycles. The zero-order chi connectivity index (χ0) is 13.4. The van der Waals surface area contributed by atoms with E-state index in [1.807, 2.05) is 6.92 Å². The highest BCUT2D eigenvalue weighted by molar-refractivity contribution is 5.80. The van der Waals surface area contributed by atoms with Crippen LogP contribution in [0.25, 0.3) is 0 Å². The summed E-state index contributed by atoms with van der Waals surface area (Å²) in [6, 6.07) is -0.965. The number of amides is 2. The fourth-order valence-corrected chi connectivity index (χ4v) is 1.35. The van der Waals surface area contributed by atoms with Gasteiger partial charge in [0.15, 0.2) is 0 Å². The molecule has 0 saturated carbocycles. The normalized spacial score (nSPS) is 11.7. The van der Waals surface area contributed by atoms with Crippen molar-refractivity contribution in [3.8, 4) is 12.3 Å². The summed E-state index contributed by atoms with van der Waals surface area (Å²) in [4.78, 5) is 23.7. The van der Waals surface area contributed by atoms with Crippen LogP contribution in [0.1, 0.15) is 33.6 Å². The van der Waals surface area contributed by atoms with Crippen molar-refractivity contribution in [1.82, 2.24) is 10.2 Å². The van der Waals surface area contributed by atoms with E-state index in [2.05, 4.69) is 11.2 Å². The Labute approximate surface area is 102 Å². The number of hydrogen-bond acceptors (Lipinski definition) is 2. The molecule has 96 valence electrons. The third-order valence-corrected chi connectivity index (χ3v) is 2.27. The second-order valence-corrected chi connectivity index (χ2v) is 4.07. The zero-order valence-electron chi connectivity index (χ0n) is 10.6. The minimum Gasteiger partial charge on any atom is -0.480 e. The fourth-order valence-electron chi connectivity index (χ4n) is 1.35. The van der Waals surface area contributed by atoms with Crippen LogP contribution in [0.2, 0.25) is 0 Å². The summed E-state index contributed by atoms with van der Waals surface area (Å²) in [6.45, 7) is 5.15. The predicted molar refractivity (Wildman–Crippen MR) is 65.5 cm³/mol. The van der Waals surface area contributed by atoms with Crippen LogP contribution in [0.15, 0.2) is 0 Å². The Morgan fingerprint density at radius 3 is 2.41 bits per heavy atom. The SMILES string of the molecule is C#CC(CCC)NC(=O)N(CC(=O)O)C(C)C. The Morgan fingerprint density at radius 2 is 2.06 bits per heavy atom.